The van der Waals surface area contributed by atoms with E-state index in [2.05, 4.69) is 10.4 Å². The van der Waals surface area contributed by atoms with E-state index >= 15 is 0 Å². The first-order chi connectivity index (χ1) is 5.40. The lowest BCUT2D eigenvalue weighted by molar-refractivity contribution is 0.180. The zero-order chi connectivity index (χ0) is 7.68. The van der Waals surface area contributed by atoms with Crippen LogP contribution in [-0.4, -0.2) is 23.4 Å². The molecule has 0 unspecified atom stereocenters. The molecule has 11 heavy (non-hydrogen) atoms. The van der Waals surface area contributed by atoms with E-state index in [1.807, 2.05) is 10.7 Å². The van der Waals surface area contributed by atoms with Crippen LogP contribution in [0.1, 0.15) is 5.69 Å². The standard InChI is InChI=1S/C7H11N3O/c1-11-5-6-4-7-8-2-3-10(7)9-6/h4,8H,2-3,5H2,1H3. The summed E-state index contributed by atoms with van der Waals surface area (Å²) in [7, 11) is 1.68. The van der Waals surface area contributed by atoms with Gasteiger partial charge in [-0.25, -0.2) is 4.68 Å². The molecule has 60 valence electrons. The van der Waals surface area contributed by atoms with Crippen LogP contribution < -0.4 is 5.32 Å². The number of methoxy groups -OCH3 is 1. The normalized spacial score (nSPS) is 14.6. The molecule has 1 N–H and O–H groups in total. The third-order valence-electron chi connectivity index (χ3n) is 1.75. The van der Waals surface area contributed by atoms with Crippen molar-refractivity contribution in [3.63, 3.8) is 0 Å². The molecule has 0 fully saturated rings. The summed E-state index contributed by atoms with van der Waals surface area (Å²) >= 11 is 0. The van der Waals surface area contributed by atoms with E-state index in [4.69, 9.17) is 4.74 Å². The Kier molecular flexibility index (Phi) is 1.54. The number of anilines is 1. The molecule has 0 radical (unpaired) electrons. The summed E-state index contributed by atoms with van der Waals surface area (Å²) in [6.07, 6.45) is 0. The minimum Gasteiger partial charge on any atom is -0.378 e. The molecular formula is C7H11N3O. The van der Waals surface area contributed by atoms with Crippen LogP contribution in [0, 0.1) is 0 Å². The van der Waals surface area contributed by atoms with Gasteiger partial charge in [0.1, 0.15) is 5.82 Å². The quantitative estimate of drug-likeness (QED) is 0.670. The fourth-order valence-corrected chi connectivity index (χ4v) is 1.29. The van der Waals surface area contributed by atoms with E-state index in [0.29, 0.717) is 6.61 Å². The molecule has 0 aromatic carbocycles. The van der Waals surface area contributed by atoms with Crippen LogP contribution in [0.5, 0.6) is 0 Å². The molecule has 2 heterocycles. The van der Waals surface area contributed by atoms with Crippen LogP contribution in [0.2, 0.25) is 0 Å². The Bertz CT molecular complexity index is 235. The Balaban J connectivity index is 2.20. The van der Waals surface area contributed by atoms with Crippen LogP contribution >= 0.6 is 0 Å². The van der Waals surface area contributed by atoms with E-state index in [1.165, 1.54) is 0 Å². The van der Waals surface area contributed by atoms with Gasteiger partial charge in [0.25, 0.3) is 0 Å². The molecule has 0 bridgehead atoms. The SMILES string of the molecule is COCc1cc2n(n1)CCN2. The van der Waals surface area contributed by atoms with Gasteiger partial charge in [-0.3, -0.25) is 0 Å². The summed E-state index contributed by atoms with van der Waals surface area (Å²) in [6.45, 7) is 2.57. The smallest absolute Gasteiger partial charge is 0.124 e. The van der Waals surface area contributed by atoms with Crippen molar-refractivity contribution in [2.45, 2.75) is 13.2 Å². The van der Waals surface area contributed by atoms with E-state index in [1.54, 1.807) is 7.11 Å². The van der Waals surface area contributed by atoms with Gasteiger partial charge in [-0.05, 0) is 0 Å². The zero-order valence-corrected chi connectivity index (χ0v) is 6.50. The fraction of sp³-hybridized carbons (Fsp3) is 0.571. The van der Waals surface area contributed by atoms with Crippen LogP contribution in [0.3, 0.4) is 0 Å². The largest absolute Gasteiger partial charge is 0.378 e. The van der Waals surface area contributed by atoms with Crippen LogP contribution in [0.4, 0.5) is 5.82 Å². The average molecular weight is 153 g/mol. The molecule has 1 aromatic rings. The Hall–Kier alpha value is -1.03. The number of nitrogens with one attached hydrogen (secondary N) is 1. The Morgan fingerprint density at radius 2 is 2.73 bits per heavy atom. The highest BCUT2D eigenvalue weighted by Crippen LogP contribution is 2.15. The number of hydrogen-bond acceptors (Lipinski definition) is 3. The molecule has 0 saturated heterocycles. The van der Waals surface area contributed by atoms with Crippen molar-refractivity contribution in [2.24, 2.45) is 0 Å². The number of hydrogen-bond donors (Lipinski definition) is 1. The van der Waals surface area contributed by atoms with Crippen molar-refractivity contribution in [1.29, 1.82) is 0 Å². The van der Waals surface area contributed by atoms with E-state index < -0.39 is 0 Å². The van der Waals surface area contributed by atoms with Gasteiger partial charge in [-0.15, -0.1) is 0 Å². The van der Waals surface area contributed by atoms with Gasteiger partial charge in [0.05, 0.1) is 18.8 Å². The summed E-state index contributed by atoms with van der Waals surface area (Å²) in [5.74, 6) is 1.11. The highest BCUT2D eigenvalue weighted by atomic mass is 16.5. The van der Waals surface area contributed by atoms with Crippen molar-refractivity contribution in [3.05, 3.63) is 11.8 Å². The van der Waals surface area contributed by atoms with Gasteiger partial charge in [-0.1, -0.05) is 0 Å². The first kappa shape index (κ1) is 6.67. The molecule has 4 heteroatoms. The number of aromatic nitrogens is 2. The summed E-state index contributed by atoms with van der Waals surface area (Å²) in [6, 6.07) is 2.02. The predicted molar refractivity (Wildman–Crippen MR) is 41.4 cm³/mol. The maximum absolute atomic E-state index is 4.96. The fourth-order valence-electron chi connectivity index (χ4n) is 1.29. The highest BCUT2D eigenvalue weighted by molar-refractivity contribution is 5.39. The molecule has 1 aliphatic rings. The second kappa shape index (κ2) is 2.54. The van der Waals surface area contributed by atoms with E-state index in [-0.39, 0.29) is 0 Å². The lowest BCUT2D eigenvalue weighted by Gasteiger charge is -1.92. The molecule has 4 nitrogen and oxygen atoms in total. The number of nitrogens with zero attached hydrogens (tertiary/aromatic N) is 2. The molecule has 0 saturated carbocycles. The van der Waals surface area contributed by atoms with Gasteiger partial charge in [0, 0.05) is 19.7 Å². The predicted octanol–water partition coefficient (Wildman–Crippen LogP) is 0.455. The number of rotatable bonds is 2. The van der Waals surface area contributed by atoms with Gasteiger partial charge in [0.15, 0.2) is 0 Å². The lowest BCUT2D eigenvalue weighted by atomic mass is 10.4. The summed E-state index contributed by atoms with van der Waals surface area (Å²) in [5.41, 5.74) is 0.995. The second-order valence-electron chi connectivity index (χ2n) is 2.60. The third-order valence-corrected chi connectivity index (χ3v) is 1.75. The lowest BCUT2D eigenvalue weighted by Crippen LogP contribution is -1.98. The maximum atomic E-state index is 4.96. The second-order valence-corrected chi connectivity index (χ2v) is 2.60. The molecule has 0 atom stereocenters. The summed E-state index contributed by atoms with van der Waals surface area (Å²) in [4.78, 5) is 0. The first-order valence-electron chi connectivity index (χ1n) is 3.69. The van der Waals surface area contributed by atoms with Gasteiger partial charge < -0.3 is 10.1 Å². The van der Waals surface area contributed by atoms with Gasteiger partial charge in [0.2, 0.25) is 0 Å². The number of fused-ring (bicyclic) bond motifs is 1. The Morgan fingerprint density at radius 3 is 3.45 bits per heavy atom. The van der Waals surface area contributed by atoms with Crippen molar-refractivity contribution in [2.75, 3.05) is 19.0 Å². The highest BCUT2D eigenvalue weighted by Gasteiger charge is 2.11. The monoisotopic (exact) mass is 153 g/mol. The zero-order valence-electron chi connectivity index (χ0n) is 6.50. The Labute approximate surface area is 65.2 Å². The average Bonchev–Trinajstić information content (AvgIpc) is 2.46. The van der Waals surface area contributed by atoms with Gasteiger partial charge >= 0.3 is 0 Å². The maximum Gasteiger partial charge on any atom is 0.124 e. The third kappa shape index (κ3) is 1.09. The van der Waals surface area contributed by atoms with Crippen LogP contribution in [-0.2, 0) is 17.9 Å². The molecule has 0 amide bonds. The topological polar surface area (TPSA) is 39.1 Å². The molecule has 0 spiro atoms. The Morgan fingerprint density at radius 1 is 1.82 bits per heavy atom. The summed E-state index contributed by atoms with van der Waals surface area (Å²) < 4.78 is 6.93. The van der Waals surface area contributed by atoms with Crippen molar-refractivity contribution >= 4 is 5.82 Å². The molecular weight excluding hydrogens is 142 g/mol. The van der Waals surface area contributed by atoms with E-state index in [0.717, 1.165) is 24.6 Å². The molecule has 1 aromatic heterocycles. The minimum atomic E-state index is 0.599. The summed E-state index contributed by atoms with van der Waals surface area (Å²) in [5, 5.41) is 7.53. The van der Waals surface area contributed by atoms with Crippen molar-refractivity contribution in [1.82, 2.24) is 9.78 Å². The molecule has 1 aliphatic heterocycles. The van der Waals surface area contributed by atoms with E-state index in [9.17, 15) is 0 Å². The van der Waals surface area contributed by atoms with Crippen LogP contribution in [0.25, 0.3) is 0 Å². The molecule has 0 aliphatic carbocycles. The number of ether oxygens (including phenoxy) is 1. The molecule has 2 rings (SSSR count). The van der Waals surface area contributed by atoms with Crippen molar-refractivity contribution in [3.8, 4) is 0 Å². The van der Waals surface area contributed by atoms with Gasteiger partial charge in [-0.2, -0.15) is 5.10 Å². The van der Waals surface area contributed by atoms with Crippen molar-refractivity contribution < 1.29 is 4.74 Å². The minimum absolute atomic E-state index is 0.599. The van der Waals surface area contributed by atoms with Crippen LogP contribution in [0.15, 0.2) is 6.07 Å². The first-order valence-corrected chi connectivity index (χ1v) is 3.69.